The molecule has 0 aromatic heterocycles. The molecule has 152 valence electrons. The number of hydrogen-bond acceptors (Lipinski definition) is 3. The summed E-state index contributed by atoms with van der Waals surface area (Å²) >= 11 is 0. The number of nitrogens with zero attached hydrogens (tertiary/aromatic N) is 1. The topological polar surface area (TPSA) is 82.9 Å². The second-order valence-corrected chi connectivity index (χ2v) is 7.17. The van der Waals surface area contributed by atoms with Gasteiger partial charge in [-0.1, -0.05) is 67.6 Å². The van der Waals surface area contributed by atoms with E-state index >= 15 is 0 Å². The number of urea groups is 1. The van der Waals surface area contributed by atoms with Gasteiger partial charge < -0.3 is 10.2 Å². The Morgan fingerprint density at radius 1 is 1.03 bits per heavy atom. The summed E-state index contributed by atoms with van der Waals surface area (Å²) in [5.41, 5.74) is 3.16. The fraction of sp³-hybridized carbons (Fsp3) is 0.318. The number of imide groups is 1. The molecule has 7 nitrogen and oxygen atoms in total. The first-order valence-corrected chi connectivity index (χ1v) is 9.89. The lowest BCUT2D eigenvalue weighted by Crippen LogP contribution is -3.11. The van der Waals surface area contributed by atoms with Gasteiger partial charge in [-0.05, 0) is 18.9 Å². The molecule has 0 aliphatic carbocycles. The van der Waals surface area contributed by atoms with E-state index in [-0.39, 0.29) is 12.5 Å². The highest BCUT2D eigenvalue weighted by atomic mass is 16.2. The van der Waals surface area contributed by atoms with Gasteiger partial charge in [-0.25, -0.2) is 4.79 Å². The SMILES string of the molecule is CC[NH+](CC(=O)NN1C(=O)N[C@](CC)(c2ccccc2)C1=O)Cc1ccccc1. The smallest absolute Gasteiger partial charge is 0.324 e. The lowest BCUT2D eigenvalue weighted by atomic mass is 9.87. The van der Waals surface area contributed by atoms with Crippen LogP contribution in [0, 0.1) is 0 Å². The highest BCUT2D eigenvalue weighted by molar-refractivity contribution is 6.08. The first-order chi connectivity index (χ1) is 14.0. The summed E-state index contributed by atoms with van der Waals surface area (Å²) in [6.45, 7) is 5.42. The van der Waals surface area contributed by atoms with Gasteiger partial charge in [-0.3, -0.25) is 15.0 Å². The summed E-state index contributed by atoms with van der Waals surface area (Å²) in [6, 6.07) is 18.4. The van der Waals surface area contributed by atoms with Crippen molar-refractivity contribution in [2.75, 3.05) is 13.1 Å². The van der Waals surface area contributed by atoms with E-state index in [1.165, 1.54) is 0 Å². The number of likely N-dealkylation sites (N-methyl/N-ethyl adjacent to an activating group) is 1. The Kier molecular flexibility index (Phi) is 6.29. The third kappa shape index (κ3) is 4.30. The van der Waals surface area contributed by atoms with E-state index in [0.29, 0.717) is 18.5 Å². The third-order valence-corrected chi connectivity index (χ3v) is 5.33. The molecule has 3 N–H and O–H groups in total. The van der Waals surface area contributed by atoms with E-state index in [1.54, 1.807) is 12.1 Å². The van der Waals surface area contributed by atoms with Gasteiger partial charge in [0.15, 0.2) is 6.54 Å². The van der Waals surface area contributed by atoms with E-state index in [0.717, 1.165) is 22.0 Å². The molecule has 1 fully saturated rings. The molecule has 1 unspecified atom stereocenters. The Labute approximate surface area is 170 Å². The summed E-state index contributed by atoms with van der Waals surface area (Å²) in [5, 5.41) is 3.58. The number of hydrazine groups is 1. The highest BCUT2D eigenvalue weighted by Crippen LogP contribution is 2.31. The molecule has 1 aliphatic rings. The Hall–Kier alpha value is -3.19. The van der Waals surface area contributed by atoms with Crippen LogP contribution in [0.1, 0.15) is 31.4 Å². The van der Waals surface area contributed by atoms with Crippen molar-refractivity contribution in [3.05, 3.63) is 71.8 Å². The van der Waals surface area contributed by atoms with Crippen LogP contribution in [0.5, 0.6) is 0 Å². The van der Waals surface area contributed by atoms with E-state index in [9.17, 15) is 14.4 Å². The molecule has 1 heterocycles. The van der Waals surface area contributed by atoms with Crippen molar-refractivity contribution in [2.45, 2.75) is 32.4 Å². The summed E-state index contributed by atoms with van der Waals surface area (Å²) in [6.07, 6.45) is 0.383. The summed E-state index contributed by atoms with van der Waals surface area (Å²) < 4.78 is 0. The fourth-order valence-electron chi connectivity index (χ4n) is 3.63. The molecule has 4 amide bonds. The van der Waals surface area contributed by atoms with Gasteiger partial charge in [0.2, 0.25) is 0 Å². The fourth-order valence-corrected chi connectivity index (χ4v) is 3.63. The average Bonchev–Trinajstić information content (AvgIpc) is 2.99. The number of carbonyl (C=O) groups is 3. The molecule has 7 heteroatoms. The second kappa shape index (κ2) is 8.87. The number of hydrogen-bond donors (Lipinski definition) is 3. The number of carbonyl (C=O) groups excluding carboxylic acids is 3. The zero-order valence-corrected chi connectivity index (χ0v) is 16.8. The first kappa shape index (κ1) is 20.5. The predicted octanol–water partition coefficient (Wildman–Crippen LogP) is 0.980. The molecule has 0 radical (unpaired) electrons. The second-order valence-electron chi connectivity index (χ2n) is 7.17. The molecule has 1 aliphatic heterocycles. The normalized spacial score (nSPS) is 19.7. The van der Waals surface area contributed by atoms with Gasteiger partial charge in [-0.15, -0.1) is 0 Å². The highest BCUT2D eigenvalue weighted by Gasteiger charge is 2.52. The van der Waals surface area contributed by atoms with Crippen LogP contribution in [0.15, 0.2) is 60.7 Å². The molecule has 1 saturated heterocycles. The number of quaternary nitrogens is 1. The van der Waals surface area contributed by atoms with Gasteiger partial charge in [0.05, 0.1) is 6.54 Å². The minimum absolute atomic E-state index is 0.160. The van der Waals surface area contributed by atoms with Crippen molar-refractivity contribution in [3.8, 4) is 0 Å². The lowest BCUT2D eigenvalue weighted by molar-refractivity contribution is -0.904. The molecule has 3 rings (SSSR count). The number of nitrogens with one attached hydrogen (secondary N) is 3. The molecule has 0 saturated carbocycles. The van der Waals surface area contributed by atoms with Crippen molar-refractivity contribution in [1.82, 2.24) is 15.8 Å². The van der Waals surface area contributed by atoms with E-state index in [1.807, 2.05) is 62.4 Å². The number of amides is 4. The Balaban J connectivity index is 1.68. The van der Waals surface area contributed by atoms with E-state index < -0.39 is 17.5 Å². The largest absolute Gasteiger partial charge is 0.344 e. The maximum Gasteiger partial charge on any atom is 0.344 e. The minimum atomic E-state index is -1.16. The van der Waals surface area contributed by atoms with Gasteiger partial charge in [0.25, 0.3) is 11.8 Å². The lowest BCUT2D eigenvalue weighted by Gasteiger charge is -2.25. The first-order valence-electron chi connectivity index (χ1n) is 9.89. The molecule has 29 heavy (non-hydrogen) atoms. The Morgan fingerprint density at radius 3 is 2.24 bits per heavy atom. The van der Waals surface area contributed by atoms with Crippen molar-refractivity contribution >= 4 is 17.8 Å². The summed E-state index contributed by atoms with van der Waals surface area (Å²) in [4.78, 5) is 39.2. The number of rotatable bonds is 8. The maximum atomic E-state index is 13.1. The predicted molar refractivity (Wildman–Crippen MR) is 108 cm³/mol. The van der Waals surface area contributed by atoms with Crippen molar-refractivity contribution in [2.24, 2.45) is 0 Å². The van der Waals surface area contributed by atoms with Crippen LogP contribution < -0.4 is 15.6 Å². The summed E-state index contributed by atoms with van der Waals surface area (Å²) in [5.74, 6) is -0.841. The van der Waals surface area contributed by atoms with Crippen molar-refractivity contribution in [1.29, 1.82) is 0 Å². The third-order valence-electron chi connectivity index (χ3n) is 5.33. The standard InChI is InChI=1S/C22H26N4O3/c1-3-22(18-13-9-6-10-14-18)20(28)26(21(29)23-22)24-19(27)16-25(4-2)15-17-11-7-5-8-12-17/h5-14H,3-4,15-16H2,1-2H3,(H,23,29)(H,24,27)/p+1/t22-/m1/s1. The molecular formula is C22H27N4O3+. The number of benzene rings is 2. The van der Waals surface area contributed by atoms with Crippen LogP contribution in [0.3, 0.4) is 0 Å². The molecule has 0 spiro atoms. The van der Waals surface area contributed by atoms with Gasteiger partial charge in [0.1, 0.15) is 12.1 Å². The van der Waals surface area contributed by atoms with Crippen LogP contribution in [0.25, 0.3) is 0 Å². The van der Waals surface area contributed by atoms with E-state index in [2.05, 4.69) is 10.7 Å². The molecule has 0 bridgehead atoms. The van der Waals surface area contributed by atoms with Crippen LogP contribution in [0.4, 0.5) is 4.79 Å². The summed E-state index contributed by atoms with van der Waals surface area (Å²) in [7, 11) is 0. The Morgan fingerprint density at radius 2 is 1.66 bits per heavy atom. The van der Waals surface area contributed by atoms with Crippen LogP contribution >= 0.6 is 0 Å². The average molecular weight is 395 g/mol. The zero-order valence-electron chi connectivity index (χ0n) is 16.8. The molecule has 2 aromatic carbocycles. The van der Waals surface area contributed by atoms with Crippen molar-refractivity contribution < 1.29 is 19.3 Å². The Bertz CT molecular complexity index is 872. The molecule has 2 atom stereocenters. The van der Waals surface area contributed by atoms with E-state index in [4.69, 9.17) is 0 Å². The van der Waals surface area contributed by atoms with Gasteiger partial charge >= 0.3 is 6.03 Å². The van der Waals surface area contributed by atoms with Crippen LogP contribution in [-0.4, -0.2) is 35.9 Å². The van der Waals surface area contributed by atoms with Crippen LogP contribution in [-0.2, 0) is 21.7 Å². The van der Waals surface area contributed by atoms with Crippen LogP contribution in [0.2, 0.25) is 0 Å². The van der Waals surface area contributed by atoms with Gasteiger partial charge in [-0.2, -0.15) is 5.01 Å². The van der Waals surface area contributed by atoms with Gasteiger partial charge in [0, 0.05) is 5.56 Å². The monoisotopic (exact) mass is 395 g/mol. The quantitative estimate of drug-likeness (QED) is 0.583. The molecular weight excluding hydrogens is 368 g/mol. The van der Waals surface area contributed by atoms with Crippen molar-refractivity contribution in [3.63, 3.8) is 0 Å². The molecule has 2 aromatic rings. The maximum absolute atomic E-state index is 13.1. The zero-order chi connectivity index (χ0) is 20.9. The minimum Gasteiger partial charge on any atom is -0.324 e.